The second-order valence-corrected chi connectivity index (χ2v) is 3.26. The number of nitrogens with two attached hydrogens (primary N) is 1. The predicted octanol–water partition coefficient (Wildman–Crippen LogP) is 0.404. The summed E-state index contributed by atoms with van der Waals surface area (Å²) in [6.07, 6.45) is 6.04. The van der Waals surface area contributed by atoms with Crippen LogP contribution < -0.4 is 10.6 Å². The van der Waals surface area contributed by atoms with Crippen LogP contribution in [0.4, 0.5) is 5.95 Å². The Kier molecular flexibility index (Phi) is 2.40. The molecule has 2 rings (SSSR count). The second-order valence-electron chi connectivity index (χ2n) is 3.26. The van der Waals surface area contributed by atoms with Gasteiger partial charge in [0.05, 0.1) is 0 Å². The Bertz CT molecular complexity index is 258. The van der Waals surface area contributed by atoms with Crippen molar-refractivity contribution in [1.82, 2.24) is 9.97 Å². The lowest BCUT2D eigenvalue weighted by Gasteiger charge is -2.20. The number of aromatic nitrogens is 2. The third kappa shape index (κ3) is 1.95. The quantitative estimate of drug-likeness (QED) is 0.725. The number of anilines is 1. The summed E-state index contributed by atoms with van der Waals surface area (Å²) < 4.78 is 0. The van der Waals surface area contributed by atoms with E-state index in [0.29, 0.717) is 12.6 Å². The first-order valence-electron chi connectivity index (χ1n) is 4.65. The Morgan fingerprint density at radius 2 is 2.08 bits per heavy atom. The van der Waals surface area contributed by atoms with Crippen LogP contribution >= 0.6 is 0 Å². The van der Waals surface area contributed by atoms with Gasteiger partial charge in [0.25, 0.3) is 0 Å². The molecule has 0 unspecified atom stereocenters. The molecule has 2 N–H and O–H groups in total. The first-order valence-corrected chi connectivity index (χ1v) is 4.65. The highest BCUT2D eigenvalue weighted by molar-refractivity contribution is 5.32. The molecule has 0 bridgehead atoms. The van der Waals surface area contributed by atoms with Gasteiger partial charge in [0, 0.05) is 31.5 Å². The van der Waals surface area contributed by atoms with Crippen LogP contribution in [-0.4, -0.2) is 29.1 Å². The maximum absolute atomic E-state index is 5.54. The summed E-state index contributed by atoms with van der Waals surface area (Å²) in [5, 5.41) is 0. The molecule has 0 amide bonds. The smallest absolute Gasteiger partial charge is 0.225 e. The van der Waals surface area contributed by atoms with E-state index in [9.17, 15) is 0 Å². The normalized spacial score (nSPS) is 15.8. The van der Waals surface area contributed by atoms with E-state index in [2.05, 4.69) is 14.9 Å². The largest absolute Gasteiger partial charge is 0.337 e. The van der Waals surface area contributed by atoms with Gasteiger partial charge in [0.1, 0.15) is 0 Å². The standard InChI is InChI=1S/C9H14N4/c10-4-7-13(8-2-3-8)9-11-5-1-6-12-9/h1,5-6,8H,2-4,7,10H2. The predicted molar refractivity (Wildman–Crippen MR) is 51.5 cm³/mol. The van der Waals surface area contributed by atoms with E-state index < -0.39 is 0 Å². The minimum Gasteiger partial charge on any atom is -0.337 e. The van der Waals surface area contributed by atoms with Gasteiger partial charge in [-0.2, -0.15) is 0 Å². The molecule has 4 nitrogen and oxygen atoms in total. The summed E-state index contributed by atoms with van der Waals surface area (Å²) in [5.41, 5.74) is 5.54. The van der Waals surface area contributed by atoms with Gasteiger partial charge < -0.3 is 10.6 Å². The van der Waals surface area contributed by atoms with Gasteiger partial charge in [0.15, 0.2) is 0 Å². The van der Waals surface area contributed by atoms with Gasteiger partial charge in [0.2, 0.25) is 5.95 Å². The minimum atomic E-state index is 0.631. The van der Waals surface area contributed by atoms with Crippen LogP contribution in [0.25, 0.3) is 0 Å². The molecule has 1 aliphatic rings. The Morgan fingerprint density at radius 3 is 2.62 bits per heavy atom. The zero-order valence-corrected chi connectivity index (χ0v) is 7.56. The summed E-state index contributed by atoms with van der Waals surface area (Å²) in [6.45, 7) is 1.52. The van der Waals surface area contributed by atoms with Crippen LogP contribution in [-0.2, 0) is 0 Å². The van der Waals surface area contributed by atoms with Crippen molar-refractivity contribution in [1.29, 1.82) is 0 Å². The van der Waals surface area contributed by atoms with Crippen LogP contribution in [0.3, 0.4) is 0 Å². The zero-order chi connectivity index (χ0) is 9.10. The third-order valence-electron chi connectivity index (χ3n) is 2.17. The highest BCUT2D eigenvalue weighted by atomic mass is 15.3. The van der Waals surface area contributed by atoms with Crippen molar-refractivity contribution >= 4 is 5.95 Å². The number of hydrogen-bond donors (Lipinski definition) is 1. The van der Waals surface area contributed by atoms with Crippen LogP contribution in [0.15, 0.2) is 18.5 Å². The maximum atomic E-state index is 5.54. The molecule has 70 valence electrons. The van der Waals surface area contributed by atoms with Gasteiger partial charge in [-0.15, -0.1) is 0 Å². The van der Waals surface area contributed by atoms with E-state index in [1.165, 1.54) is 12.8 Å². The summed E-state index contributed by atoms with van der Waals surface area (Å²) in [7, 11) is 0. The summed E-state index contributed by atoms with van der Waals surface area (Å²) in [6, 6.07) is 2.46. The molecule has 0 aromatic carbocycles. The minimum absolute atomic E-state index is 0.631. The lowest BCUT2D eigenvalue weighted by atomic mass is 10.5. The molecule has 1 saturated carbocycles. The average molecular weight is 178 g/mol. The van der Waals surface area contributed by atoms with Crippen LogP contribution in [0.5, 0.6) is 0 Å². The van der Waals surface area contributed by atoms with Crippen molar-refractivity contribution in [3.63, 3.8) is 0 Å². The third-order valence-corrected chi connectivity index (χ3v) is 2.17. The van der Waals surface area contributed by atoms with Gasteiger partial charge in [-0.25, -0.2) is 9.97 Å². The average Bonchev–Trinajstić information content (AvgIpc) is 2.99. The highest BCUT2D eigenvalue weighted by Gasteiger charge is 2.29. The van der Waals surface area contributed by atoms with Crippen molar-refractivity contribution < 1.29 is 0 Å². The molecule has 1 aromatic rings. The molecule has 1 aliphatic carbocycles. The molecular weight excluding hydrogens is 164 g/mol. The maximum Gasteiger partial charge on any atom is 0.225 e. The van der Waals surface area contributed by atoms with E-state index >= 15 is 0 Å². The van der Waals surface area contributed by atoms with Crippen LogP contribution in [0, 0.1) is 0 Å². The van der Waals surface area contributed by atoms with E-state index in [-0.39, 0.29) is 0 Å². The van der Waals surface area contributed by atoms with E-state index in [1.54, 1.807) is 12.4 Å². The monoisotopic (exact) mass is 178 g/mol. The molecule has 0 spiro atoms. The van der Waals surface area contributed by atoms with Gasteiger partial charge >= 0.3 is 0 Å². The summed E-state index contributed by atoms with van der Waals surface area (Å²) >= 11 is 0. The molecule has 0 radical (unpaired) electrons. The number of rotatable bonds is 4. The molecule has 13 heavy (non-hydrogen) atoms. The fourth-order valence-corrected chi connectivity index (χ4v) is 1.41. The van der Waals surface area contributed by atoms with E-state index in [4.69, 9.17) is 5.73 Å². The molecule has 0 saturated heterocycles. The molecule has 1 aromatic heterocycles. The summed E-state index contributed by atoms with van der Waals surface area (Å²) in [4.78, 5) is 10.6. The van der Waals surface area contributed by atoms with Crippen molar-refractivity contribution in [2.24, 2.45) is 5.73 Å². The fourth-order valence-electron chi connectivity index (χ4n) is 1.41. The topological polar surface area (TPSA) is 55.0 Å². The Balaban J connectivity index is 2.10. The first-order chi connectivity index (χ1) is 6.42. The van der Waals surface area contributed by atoms with Crippen molar-refractivity contribution in [3.8, 4) is 0 Å². The second kappa shape index (κ2) is 3.70. The Labute approximate surface area is 77.8 Å². The highest BCUT2D eigenvalue weighted by Crippen LogP contribution is 2.28. The van der Waals surface area contributed by atoms with Gasteiger partial charge in [-0.05, 0) is 18.9 Å². The summed E-state index contributed by atoms with van der Waals surface area (Å²) in [5.74, 6) is 0.815. The Morgan fingerprint density at radius 1 is 1.38 bits per heavy atom. The zero-order valence-electron chi connectivity index (χ0n) is 7.56. The van der Waals surface area contributed by atoms with Crippen LogP contribution in [0.1, 0.15) is 12.8 Å². The molecule has 4 heteroatoms. The van der Waals surface area contributed by atoms with Crippen LogP contribution in [0.2, 0.25) is 0 Å². The van der Waals surface area contributed by atoms with Gasteiger partial charge in [-0.1, -0.05) is 0 Å². The molecule has 0 aliphatic heterocycles. The molecule has 1 heterocycles. The van der Waals surface area contributed by atoms with E-state index in [0.717, 1.165) is 12.5 Å². The molecule has 0 atom stereocenters. The number of hydrogen-bond acceptors (Lipinski definition) is 4. The molecular formula is C9H14N4. The molecule has 1 fully saturated rings. The van der Waals surface area contributed by atoms with Crippen molar-refractivity contribution in [2.45, 2.75) is 18.9 Å². The van der Waals surface area contributed by atoms with E-state index in [1.807, 2.05) is 6.07 Å². The number of nitrogens with zero attached hydrogens (tertiary/aromatic N) is 3. The first kappa shape index (κ1) is 8.44. The van der Waals surface area contributed by atoms with Crippen molar-refractivity contribution in [3.05, 3.63) is 18.5 Å². The van der Waals surface area contributed by atoms with Gasteiger partial charge in [-0.3, -0.25) is 0 Å². The van der Waals surface area contributed by atoms with Crippen molar-refractivity contribution in [2.75, 3.05) is 18.0 Å². The lowest BCUT2D eigenvalue weighted by molar-refractivity contribution is 0.754. The lowest BCUT2D eigenvalue weighted by Crippen LogP contribution is -2.32. The Hall–Kier alpha value is -1.16. The fraction of sp³-hybridized carbons (Fsp3) is 0.556. The SMILES string of the molecule is NCCN(c1ncccn1)C1CC1.